The van der Waals surface area contributed by atoms with Crippen molar-refractivity contribution in [2.75, 3.05) is 13.2 Å². The zero-order valence-electron chi connectivity index (χ0n) is 11.9. The fourth-order valence-electron chi connectivity index (χ4n) is 2.45. The van der Waals surface area contributed by atoms with Gasteiger partial charge in [0.05, 0.1) is 6.61 Å². The molecule has 2 rings (SSSR count). The van der Waals surface area contributed by atoms with Gasteiger partial charge in [-0.3, -0.25) is 4.79 Å². The van der Waals surface area contributed by atoms with Gasteiger partial charge in [-0.2, -0.15) is 0 Å². The van der Waals surface area contributed by atoms with E-state index in [0.29, 0.717) is 18.8 Å². The Morgan fingerprint density at radius 3 is 2.80 bits per heavy atom. The summed E-state index contributed by atoms with van der Waals surface area (Å²) in [5.41, 5.74) is 0.495. The number of ether oxygens (including phenoxy) is 1. The Morgan fingerprint density at radius 2 is 2.15 bits per heavy atom. The first kappa shape index (κ1) is 15.0. The average molecular weight is 296 g/mol. The van der Waals surface area contributed by atoms with Gasteiger partial charge in [0.2, 0.25) is 5.01 Å². The summed E-state index contributed by atoms with van der Waals surface area (Å²) in [5.74, 6) is -0.691. The van der Waals surface area contributed by atoms with Crippen LogP contribution in [-0.2, 0) is 4.74 Å². The highest BCUT2D eigenvalue weighted by Crippen LogP contribution is 2.36. The minimum atomic E-state index is -0.473. The smallest absolute Gasteiger partial charge is 0.367 e. The molecule has 1 heterocycles. The van der Waals surface area contributed by atoms with Crippen LogP contribution < -0.4 is 5.32 Å². The minimum Gasteiger partial charge on any atom is -0.461 e. The molecule has 1 aromatic rings. The number of nitrogens with one attached hydrogen (secondary N) is 1. The van der Waals surface area contributed by atoms with Crippen LogP contribution in [0.25, 0.3) is 0 Å². The van der Waals surface area contributed by atoms with E-state index in [1.165, 1.54) is 12.8 Å². The number of amides is 1. The number of carbonyl (C=O) groups is 2. The molecule has 1 aliphatic rings. The van der Waals surface area contributed by atoms with Gasteiger partial charge in [0.15, 0.2) is 0 Å². The third kappa shape index (κ3) is 3.56. The second-order valence-corrected chi connectivity index (χ2v) is 6.32. The van der Waals surface area contributed by atoms with Gasteiger partial charge in [0.25, 0.3) is 5.91 Å². The third-order valence-corrected chi connectivity index (χ3v) is 4.50. The number of hydrogen-bond donors (Lipinski definition) is 1. The summed E-state index contributed by atoms with van der Waals surface area (Å²) in [6, 6.07) is 0. The van der Waals surface area contributed by atoms with Crippen molar-refractivity contribution >= 4 is 23.2 Å². The molecule has 1 amide bonds. The molecule has 6 heteroatoms. The van der Waals surface area contributed by atoms with Crippen LogP contribution >= 0.6 is 11.3 Å². The molecule has 0 saturated heterocycles. The molecule has 5 nitrogen and oxygen atoms in total. The van der Waals surface area contributed by atoms with Crippen LogP contribution in [0.5, 0.6) is 0 Å². The summed E-state index contributed by atoms with van der Waals surface area (Å²) in [6.45, 7) is 4.91. The highest BCUT2D eigenvalue weighted by molar-refractivity contribution is 7.11. The summed E-state index contributed by atoms with van der Waals surface area (Å²) in [5, 5.41) is 4.74. The third-order valence-electron chi connectivity index (χ3n) is 3.67. The molecule has 1 aromatic heterocycles. The summed E-state index contributed by atoms with van der Waals surface area (Å²) in [6.07, 6.45) is 4.77. The van der Waals surface area contributed by atoms with Crippen LogP contribution in [-0.4, -0.2) is 30.0 Å². The second-order valence-electron chi connectivity index (χ2n) is 5.46. The lowest BCUT2D eigenvalue weighted by molar-refractivity contribution is 0.0526. The second kappa shape index (κ2) is 6.35. The molecule has 0 bridgehead atoms. The number of rotatable bonds is 5. The Labute approximate surface area is 122 Å². The molecular weight excluding hydrogens is 276 g/mol. The van der Waals surface area contributed by atoms with Gasteiger partial charge in [0.1, 0.15) is 5.69 Å². The van der Waals surface area contributed by atoms with Gasteiger partial charge in [-0.15, -0.1) is 11.3 Å². The molecule has 20 heavy (non-hydrogen) atoms. The van der Waals surface area contributed by atoms with Crippen molar-refractivity contribution in [3.8, 4) is 0 Å². The Hall–Kier alpha value is -1.43. The summed E-state index contributed by atoms with van der Waals surface area (Å²) >= 11 is 1.14. The molecule has 1 saturated carbocycles. The van der Waals surface area contributed by atoms with Crippen molar-refractivity contribution in [3.05, 3.63) is 16.1 Å². The molecule has 110 valence electrons. The van der Waals surface area contributed by atoms with Crippen molar-refractivity contribution in [1.29, 1.82) is 0 Å². The van der Waals surface area contributed by atoms with E-state index in [1.54, 1.807) is 12.3 Å². The van der Waals surface area contributed by atoms with Crippen LogP contribution in [0.3, 0.4) is 0 Å². The van der Waals surface area contributed by atoms with Gasteiger partial charge >= 0.3 is 5.97 Å². The maximum absolute atomic E-state index is 12.0. The molecule has 0 atom stereocenters. The normalized spacial score (nSPS) is 16.9. The fourth-order valence-corrected chi connectivity index (χ4v) is 3.14. The minimum absolute atomic E-state index is 0.204. The van der Waals surface area contributed by atoms with E-state index >= 15 is 0 Å². The molecule has 0 aromatic carbocycles. The lowest BCUT2D eigenvalue weighted by Crippen LogP contribution is -2.34. The van der Waals surface area contributed by atoms with Gasteiger partial charge in [-0.1, -0.05) is 19.8 Å². The Balaban J connectivity index is 1.91. The number of esters is 1. The zero-order valence-corrected chi connectivity index (χ0v) is 12.7. The van der Waals surface area contributed by atoms with Crippen molar-refractivity contribution in [2.24, 2.45) is 5.41 Å². The number of aromatic nitrogens is 1. The zero-order chi connectivity index (χ0) is 14.6. The molecule has 0 aliphatic heterocycles. The maximum Gasteiger partial charge on any atom is 0.367 e. The standard InChI is InChI=1S/C14H20N2O3S/c1-3-19-13(18)12-16-10(8-20-12)11(17)15-9-14(2)6-4-5-7-14/h8H,3-7,9H2,1-2H3,(H,15,17). The molecule has 1 aliphatic carbocycles. The SMILES string of the molecule is CCOC(=O)c1nc(C(=O)NCC2(C)CCCC2)cs1. The fraction of sp³-hybridized carbons (Fsp3) is 0.643. The molecule has 1 N–H and O–H groups in total. The van der Waals surface area contributed by atoms with Crippen LogP contribution in [0.1, 0.15) is 59.8 Å². The van der Waals surface area contributed by atoms with E-state index in [4.69, 9.17) is 4.74 Å². The maximum atomic E-state index is 12.0. The highest BCUT2D eigenvalue weighted by Gasteiger charge is 2.29. The number of nitrogens with zero attached hydrogens (tertiary/aromatic N) is 1. The number of thiazole rings is 1. The van der Waals surface area contributed by atoms with E-state index in [0.717, 1.165) is 24.2 Å². The first-order valence-corrected chi connectivity index (χ1v) is 7.83. The molecule has 0 spiro atoms. The largest absolute Gasteiger partial charge is 0.461 e. The molecule has 0 unspecified atom stereocenters. The van der Waals surface area contributed by atoms with Gasteiger partial charge < -0.3 is 10.1 Å². The molecular formula is C14H20N2O3S. The predicted octanol–water partition coefficient (Wildman–Crippen LogP) is 2.63. The van der Waals surface area contributed by atoms with Crippen molar-refractivity contribution < 1.29 is 14.3 Å². The van der Waals surface area contributed by atoms with E-state index in [9.17, 15) is 9.59 Å². The Kier molecular flexibility index (Phi) is 4.75. The Morgan fingerprint density at radius 1 is 1.45 bits per heavy atom. The van der Waals surface area contributed by atoms with Gasteiger partial charge in [0, 0.05) is 11.9 Å². The summed E-state index contributed by atoms with van der Waals surface area (Å²) < 4.78 is 4.86. The van der Waals surface area contributed by atoms with E-state index in [2.05, 4.69) is 17.2 Å². The quantitative estimate of drug-likeness (QED) is 0.848. The lowest BCUT2D eigenvalue weighted by Gasteiger charge is -2.23. The predicted molar refractivity (Wildman–Crippen MR) is 77.0 cm³/mol. The topological polar surface area (TPSA) is 68.3 Å². The van der Waals surface area contributed by atoms with E-state index in [-0.39, 0.29) is 16.3 Å². The van der Waals surface area contributed by atoms with Crippen molar-refractivity contribution in [1.82, 2.24) is 10.3 Å². The number of hydrogen-bond acceptors (Lipinski definition) is 5. The van der Waals surface area contributed by atoms with E-state index < -0.39 is 5.97 Å². The molecule has 1 fully saturated rings. The first-order valence-electron chi connectivity index (χ1n) is 6.95. The lowest BCUT2D eigenvalue weighted by atomic mass is 9.89. The van der Waals surface area contributed by atoms with Crippen molar-refractivity contribution in [2.45, 2.75) is 39.5 Å². The van der Waals surface area contributed by atoms with Crippen molar-refractivity contribution in [3.63, 3.8) is 0 Å². The average Bonchev–Trinajstić information content (AvgIpc) is 3.06. The number of carbonyl (C=O) groups excluding carboxylic acids is 2. The van der Waals surface area contributed by atoms with Crippen LogP contribution in [0, 0.1) is 5.41 Å². The Bertz CT molecular complexity index is 492. The molecule has 0 radical (unpaired) electrons. The monoisotopic (exact) mass is 296 g/mol. The van der Waals surface area contributed by atoms with E-state index in [1.807, 2.05) is 0 Å². The summed E-state index contributed by atoms with van der Waals surface area (Å²) in [4.78, 5) is 27.5. The van der Waals surface area contributed by atoms with Gasteiger partial charge in [-0.05, 0) is 25.2 Å². The van der Waals surface area contributed by atoms with Crippen LogP contribution in [0.4, 0.5) is 0 Å². The highest BCUT2D eigenvalue weighted by atomic mass is 32.1. The van der Waals surface area contributed by atoms with Crippen LogP contribution in [0.2, 0.25) is 0 Å². The van der Waals surface area contributed by atoms with Gasteiger partial charge in [-0.25, -0.2) is 9.78 Å². The van der Waals surface area contributed by atoms with Crippen LogP contribution in [0.15, 0.2) is 5.38 Å². The summed E-state index contributed by atoms with van der Waals surface area (Å²) in [7, 11) is 0. The first-order chi connectivity index (χ1) is 9.54.